The first-order chi connectivity index (χ1) is 13.3. The number of halogens is 3. The van der Waals surface area contributed by atoms with Crippen molar-refractivity contribution in [2.24, 2.45) is 0 Å². The number of hydrogen-bond acceptors (Lipinski definition) is 4. The average Bonchev–Trinajstić information content (AvgIpc) is 2.65. The standard InChI is InChI=1S/C18H19BrCl2N2O4S/c19-11-12-8-16(20)18(17(21)9-12)27-15-3-1-2-13(10-15)22-28(25,26)23-6-4-14(24)5-7-23/h1-3,8-10,14,22,24H,4-7,11H2. The van der Waals surface area contributed by atoms with Crippen molar-refractivity contribution in [3.05, 3.63) is 52.0 Å². The third-order valence-corrected chi connectivity index (χ3v) is 7.02. The van der Waals surface area contributed by atoms with E-state index in [-0.39, 0.29) is 13.1 Å². The van der Waals surface area contributed by atoms with E-state index in [0.717, 1.165) is 5.56 Å². The van der Waals surface area contributed by atoms with Gasteiger partial charge in [0.2, 0.25) is 0 Å². The van der Waals surface area contributed by atoms with Crippen LogP contribution < -0.4 is 9.46 Å². The molecule has 1 aliphatic rings. The molecule has 0 bridgehead atoms. The van der Waals surface area contributed by atoms with Crippen molar-refractivity contribution in [2.45, 2.75) is 24.3 Å². The zero-order chi connectivity index (χ0) is 20.3. The molecule has 28 heavy (non-hydrogen) atoms. The van der Waals surface area contributed by atoms with Gasteiger partial charge < -0.3 is 9.84 Å². The van der Waals surface area contributed by atoms with Crippen molar-refractivity contribution in [1.29, 1.82) is 0 Å². The second-order valence-electron chi connectivity index (χ2n) is 6.39. The number of hydrogen-bond donors (Lipinski definition) is 2. The molecular weight excluding hydrogens is 491 g/mol. The van der Waals surface area contributed by atoms with Crippen LogP contribution in [0.4, 0.5) is 5.69 Å². The normalized spacial score (nSPS) is 16.1. The fourth-order valence-electron chi connectivity index (χ4n) is 2.82. The van der Waals surface area contributed by atoms with Crippen LogP contribution in [0.2, 0.25) is 10.0 Å². The molecule has 0 amide bonds. The van der Waals surface area contributed by atoms with Crippen LogP contribution in [0.15, 0.2) is 36.4 Å². The van der Waals surface area contributed by atoms with Crippen LogP contribution >= 0.6 is 39.1 Å². The Kier molecular flexibility index (Phi) is 7.12. The van der Waals surface area contributed by atoms with Gasteiger partial charge in [-0.3, -0.25) is 4.72 Å². The number of aliphatic hydroxyl groups is 1. The quantitative estimate of drug-likeness (QED) is 0.548. The number of nitrogens with zero attached hydrogens (tertiary/aromatic N) is 1. The van der Waals surface area contributed by atoms with E-state index in [1.165, 1.54) is 4.31 Å². The third-order valence-electron chi connectivity index (χ3n) is 4.28. The summed E-state index contributed by atoms with van der Waals surface area (Å²) in [5.41, 5.74) is 1.27. The summed E-state index contributed by atoms with van der Waals surface area (Å²) in [5, 5.41) is 10.9. The first kappa shape index (κ1) is 21.7. The van der Waals surface area contributed by atoms with Gasteiger partial charge in [0.1, 0.15) is 5.75 Å². The highest BCUT2D eigenvalue weighted by molar-refractivity contribution is 9.08. The summed E-state index contributed by atoms with van der Waals surface area (Å²) in [6.45, 7) is 0.551. The van der Waals surface area contributed by atoms with Crippen molar-refractivity contribution in [2.75, 3.05) is 17.8 Å². The number of piperidine rings is 1. The molecular formula is C18H19BrCl2N2O4S. The molecule has 2 aromatic rings. The van der Waals surface area contributed by atoms with Gasteiger partial charge in [0.05, 0.1) is 21.8 Å². The maximum Gasteiger partial charge on any atom is 0.301 e. The fraction of sp³-hybridized carbons (Fsp3) is 0.333. The summed E-state index contributed by atoms with van der Waals surface area (Å²) in [7, 11) is -3.72. The topological polar surface area (TPSA) is 78.9 Å². The summed E-state index contributed by atoms with van der Waals surface area (Å²) in [6.07, 6.45) is 0.394. The number of anilines is 1. The van der Waals surface area contributed by atoms with Gasteiger partial charge in [0, 0.05) is 24.5 Å². The Balaban J connectivity index is 1.76. The first-order valence-electron chi connectivity index (χ1n) is 8.56. The van der Waals surface area contributed by atoms with Gasteiger partial charge in [-0.15, -0.1) is 0 Å². The van der Waals surface area contributed by atoms with Gasteiger partial charge in [-0.25, -0.2) is 0 Å². The van der Waals surface area contributed by atoms with Crippen molar-refractivity contribution < 1.29 is 18.3 Å². The third kappa shape index (κ3) is 5.31. The largest absolute Gasteiger partial charge is 0.454 e. The lowest BCUT2D eigenvalue weighted by Gasteiger charge is -2.28. The first-order valence-corrected chi connectivity index (χ1v) is 11.9. The molecule has 1 saturated heterocycles. The van der Waals surface area contributed by atoms with Crippen molar-refractivity contribution in [1.82, 2.24) is 4.31 Å². The maximum absolute atomic E-state index is 12.6. The lowest BCUT2D eigenvalue weighted by atomic mass is 10.1. The summed E-state index contributed by atoms with van der Waals surface area (Å²) < 4.78 is 34.8. The highest BCUT2D eigenvalue weighted by Crippen LogP contribution is 2.38. The monoisotopic (exact) mass is 508 g/mol. The molecule has 10 heteroatoms. The fourth-order valence-corrected chi connectivity index (χ4v) is 5.00. The molecule has 0 atom stereocenters. The van der Waals surface area contributed by atoms with Crippen LogP contribution in [0.25, 0.3) is 0 Å². The molecule has 1 aliphatic heterocycles. The zero-order valence-electron chi connectivity index (χ0n) is 14.7. The summed E-state index contributed by atoms with van der Waals surface area (Å²) in [5.74, 6) is 0.697. The predicted octanol–water partition coefficient (Wildman–Crippen LogP) is 4.79. The number of nitrogens with one attached hydrogen (secondary N) is 1. The lowest BCUT2D eigenvalue weighted by molar-refractivity contribution is 0.113. The molecule has 0 saturated carbocycles. The Morgan fingerprint density at radius 2 is 1.82 bits per heavy atom. The number of ether oxygens (including phenoxy) is 1. The highest BCUT2D eigenvalue weighted by Gasteiger charge is 2.27. The molecule has 2 N–H and O–H groups in total. The molecule has 3 rings (SSSR count). The predicted molar refractivity (Wildman–Crippen MR) is 115 cm³/mol. The van der Waals surface area contributed by atoms with Gasteiger partial charge in [-0.05, 0) is 42.7 Å². The SMILES string of the molecule is O=S(=O)(Nc1cccc(Oc2c(Cl)cc(CBr)cc2Cl)c1)N1CCC(O)CC1. The van der Waals surface area contributed by atoms with E-state index in [2.05, 4.69) is 20.7 Å². The average molecular weight is 510 g/mol. The van der Waals surface area contributed by atoms with E-state index in [1.54, 1.807) is 36.4 Å². The van der Waals surface area contributed by atoms with E-state index in [1.807, 2.05) is 0 Å². The van der Waals surface area contributed by atoms with E-state index < -0.39 is 16.3 Å². The van der Waals surface area contributed by atoms with Crippen LogP contribution in [-0.4, -0.2) is 37.0 Å². The molecule has 0 aliphatic carbocycles. The number of alkyl halides is 1. The summed E-state index contributed by atoms with van der Waals surface area (Å²) >= 11 is 15.9. The van der Waals surface area contributed by atoms with E-state index in [9.17, 15) is 13.5 Å². The van der Waals surface area contributed by atoms with Crippen molar-refractivity contribution in [3.63, 3.8) is 0 Å². The molecule has 0 aromatic heterocycles. The minimum atomic E-state index is -3.72. The van der Waals surface area contributed by atoms with Crippen LogP contribution in [0, 0.1) is 0 Å². The number of rotatable bonds is 6. The van der Waals surface area contributed by atoms with E-state index >= 15 is 0 Å². The van der Waals surface area contributed by atoms with Crippen molar-refractivity contribution in [3.8, 4) is 11.5 Å². The van der Waals surface area contributed by atoms with Gasteiger partial charge in [-0.1, -0.05) is 45.2 Å². The molecule has 2 aromatic carbocycles. The Labute approximate surface area is 182 Å². The Morgan fingerprint density at radius 3 is 2.43 bits per heavy atom. The van der Waals surface area contributed by atoms with Gasteiger partial charge >= 0.3 is 10.2 Å². The Morgan fingerprint density at radius 1 is 1.18 bits per heavy atom. The lowest BCUT2D eigenvalue weighted by Crippen LogP contribution is -2.42. The number of benzene rings is 2. The van der Waals surface area contributed by atoms with Gasteiger partial charge in [-0.2, -0.15) is 12.7 Å². The molecule has 6 nitrogen and oxygen atoms in total. The van der Waals surface area contributed by atoms with Crippen LogP contribution in [0.3, 0.4) is 0 Å². The smallest absolute Gasteiger partial charge is 0.301 e. The highest BCUT2D eigenvalue weighted by atomic mass is 79.9. The minimum Gasteiger partial charge on any atom is -0.454 e. The maximum atomic E-state index is 12.6. The zero-order valence-corrected chi connectivity index (χ0v) is 18.7. The molecule has 0 spiro atoms. The van der Waals surface area contributed by atoms with Crippen molar-refractivity contribution >= 4 is 55.0 Å². The van der Waals surface area contributed by atoms with Gasteiger partial charge in [0.15, 0.2) is 5.75 Å². The minimum absolute atomic E-state index is 0.276. The molecule has 0 unspecified atom stereocenters. The molecule has 152 valence electrons. The Bertz CT molecular complexity index is 927. The van der Waals surface area contributed by atoms with E-state index in [4.69, 9.17) is 27.9 Å². The second kappa shape index (κ2) is 9.19. The van der Waals surface area contributed by atoms with Crippen LogP contribution in [0.1, 0.15) is 18.4 Å². The van der Waals surface area contributed by atoms with Crippen LogP contribution in [0.5, 0.6) is 11.5 Å². The second-order valence-corrected chi connectivity index (χ2v) is 9.44. The molecule has 0 radical (unpaired) electrons. The summed E-state index contributed by atoms with van der Waals surface area (Å²) in [4.78, 5) is 0. The Hall–Kier alpha value is -1.03. The van der Waals surface area contributed by atoms with E-state index in [0.29, 0.717) is 45.4 Å². The van der Waals surface area contributed by atoms with Crippen LogP contribution in [-0.2, 0) is 15.5 Å². The van der Waals surface area contributed by atoms with Gasteiger partial charge in [0.25, 0.3) is 0 Å². The molecule has 1 heterocycles. The summed E-state index contributed by atoms with van der Waals surface area (Å²) in [6, 6.07) is 10.0. The molecule has 1 fully saturated rings. The number of aliphatic hydroxyl groups excluding tert-OH is 1.